The Hall–Kier alpha value is -1.00. The minimum Gasteiger partial charge on any atom is -0.467 e. The van der Waals surface area contributed by atoms with E-state index in [0.717, 1.165) is 10.5 Å². The molecule has 0 spiro atoms. The van der Waals surface area contributed by atoms with E-state index < -0.39 is 12.1 Å². The van der Waals surface area contributed by atoms with E-state index in [1.807, 2.05) is 31.4 Å². The molecule has 0 aromatic heterocycles. The van der Waals surface area contributed by atoms with E-state index in [9.17, 15) is 9.90 Å². The van der Waals surface area contributed by atoms with Crippen molar-refractivity contribution in [3.8, 4) is 0 Å². The first-order chi connectivity index (χ1) is 7.10. The molecule has 1 rings (SSSR count). The monoisotopic (exact) mass is 226 g/mol. The summed E-state index contributed by atoms with van der Waals surface area (Å²) in [6, 6.07) is 5.64. The van der Waals surface area contributed by atoms with Crippen molar-refractivity contribution in [2.24, 2.45) is 0 Å². The number of benzene rings is 1. The number of hydrogen-bond acceptors (Lipinski definition) is 4. The van der Waals surface area contributed by atoms with Crippen LogP contribution in [-0.2, 0) is 9.53 Å². The first-order valence-electron chi connectivity index (χ1n) is 4.50. The van der Waals surface area contributed by atoms with Crippen LogP contribution in [0.3, 0.4) is 0 Å². The summed E-state index contributed by atoms with van der Waals surface area (Å²) in [4.78, 5) is 12.2. The molecule has 0 saturated heterocycles. The van der Waals surface area contributed by atoms with Crippen LogP contribution in [0.15, 0.2) is 23.1 Å². The summed E-state index contributed by atoms with van der Waals surface area (Å²) in [7, 11) is 1.26. The number of thioether (sulfide) groups is 1. The summed E-state index contributed by atoms with van der Waals surface area (Å²) in [6.07, 6.45) is 0.751. The lowest BCUT2D eigenvalue weighted by molar-refractivity contribution is -0.150. The molecule has 15 heavy (non-hydrogen) atoms. The lowest BCUT2D eigenvalue weighted by atomic mass is 10.0. The number of methoxy groups -OCH3 is 1. The molecule has 1 unspecified atom stereocenters. The number of carbonyl (C=O) groups is 1. The van der Waals surface area contributed by atoms with Crippen molar-refractivity contribution in [3.05, 3.63) is 29.3 Å². The smallest absolute Gasteiger partial charge is 0.339 e. The fourth-order valence-corrected chi connectivity index (χ4v) is 1.73. The summed E-state index contributed by atoms with van der Waals surface area (Å²) in [6.45, 7) is 1.85. The van der Waals surface area contributed by atoms with Gasteiger partial charge in [0.25, 0.3) is 0 Å². The van der Waals surface area contributed by atoms with Gasteiger partial charge in [0, 0.05) is 4.90 Å². The van der Waals surface area contributed by atoms with Gasteiger partial charge in [-0.25, -0.2) is 4.79 Å². The molecule has 4 heteroatoms. The average molecular weight is 226 g/mol. The van der Waals surface area contributed by atoms with Crippen molar-refractivity contribution in [1.29, 1.82) is 0 Å². The molecular weight excluding hydrogens is 212 g/mol. The van der Waals surface area contributed by atoms with Gasteiger partial charge in [0.05, 0.1) is 7.11 Å². The second-order valence-electron chi connectivity index (χ2n) is 3.15. The minimum absolute atomic E-state index is 0.605. The summed E-state index contributed by atoms with van der Waals surface area (Å²) in [5.74, 6) is -0.628. The van der Waals surface area contributed by atoms with Gasteiger partial charge in [-0.2, -0.15) is 0 Å². The fourth-order valence-electron chi connectivity index (χ4n) is 1.28. The molecule has 0 heterocycles. The predicted octanol–water partition coefficient (Wildman–Crippen LogP) is 1.92. The Morgan fingerprint density at radius 3 is 2.73 bits per heavy atom. The standard InChI is InChI=1S/C11H14O3S/c1-7-4-5-8(15-3)6-9(7)10(12)11(13)14-2/h4-6,10,12H,1-3H3. The molecule has 1 atom stereocenters. The van der Waals surface area contributed by atoms with Crippen molar-refractivity contribution < 1.29 is 14.6 Å². The molecule has 82 valence electrons. The molecule has 1 aromatic carbocycles. The Bertz CT molecular complexity index is 363. The van der Waals surface area contributed by atoms with Crippen molar-refractivity contribution in [3.63, 3.8) is 0 Å². The van der Waals surface area contributed by atoms with Gasteiger partial charge in [0.1, 0.15) is 0 Å². The summed E-state index contributed by atoms with van der Waals surface area (Å²) >= 11 is 1.57. The van der Waals surface area contributed by atoms with E-state index in [-0.39, 0.29) is 0 Å². The van der Waals surface area contributed by atoms with E-state index in [1.54, 1.807) is 11.8 Å². The Labute approximate surface area is 93.4 Å². The molecule has 0 aliphatic rings. The third-order valence-corrected chi connectivity index (χ3v) is 2.93. The largest absolute Gasteiger partial charge is 0.467 e. The maximum Gasteiger partial charge on any atom is 0.339 e. The molecule has 0 aliphatic heterocycles. The second-order valence-corrected chi connectivity index (χ2v) is 4.03. The number of aryl methyl sites for hydroxylation is 1. The SMILES string of the molecule is COC(=O)C(O)c1cc(SC)ccc1C. The molecule has 1 aromatic rings. The molecule has 0 fully saturated rings. The first kappa shape index (κ1) is 12.1. The van der Waals surface area contributed by atoms with E-state index >= 15 is 0 Å². The highest BCUT2D eigenvalue weighted by Crippen LogP contribution is 2.24. The number of esters is 1. The lowest BCUT2D eigenvalue weighted by Crippen LogP contribution is -2.14. The number of rotatable bonds is 3. The zero-order valence-electron chi connectivity index (χ0n) is 8.98. The van der Waals surface area contributed by atoms with Gasteiger partial charge in [0.2, 0.25) is 0 Å². The van der Waals surface area contributed by atoms with Crippen LogP contribution in [0.25, 0.3) is 0 Å². The number of aliphatic hydroxyl groups excluding tert-OH is 1. The van der Waals surface area contributed by atoms with Crippen LogP contribution in [-0.4, -0.2) is 24.4 Å². The number of carbonyl (C=O) groups excluding carboxylic acids is 1. The van der Waals surface area contributed by atoms with E-state index in [1.165, 1.54) is 7.11 Å². The normalized spacial score (nSPS) is 12.3. The molecule has 1 N–H and O–H groups in total. The van der Waals surface area contributed by atoms with Crippen LogP contribution >= 0.6 is 11.8 Å². The van der Waals surface area contributed by atoms with Crippen LogP contribution in [0.2, 0.25) is 0 Å². The van der Waals surface area contributed by atoms with Crippen LogP contribution in [0.4, 0.5) is 0 Å². The van der Waals surface area contributed by atoms with E-state index in [4.69, 9.17) is 0 Å². The van der Waals surface area contributed by atoms with Gasteiger partial charge in [-0.15, -0.1) is 11.8 Å². The molecular formula is C11H14O3S. The van der Waals surface area contributed by atoms with Gasteiger partial charge >= 0.3 is 5.97 Å². The van der Waals surface area contributed by atoms with Gasteiger partial charge in [0.15, 0.2) is 6.10 Å². The highest BCUT2D eigenvalue weighted by atomic mass is 32.2. The molecule has 0 saturated carbocycles. The first-order valence-corrected chi connectivity index (χ1v) is 5.73. The number of hydrogen-bond donors (Lipinski definition) is 1. The van der Waals surface area contributed by atoms with Crippen molar-refractivity contribution in [2.75, 3.05) is 13.4 Å². The van der Waals surface area contributed by atoms with Crippen LogP contribution in [0, 0.1) is 6.92 Å². The zero-order chi connectivity index (χ0) is 11.4. The highest BCUT2D eigenvalue weighted by Gasteiger charge is 2.19. The minimum atomic E-state index is -1.19. The van der Waals surface area contributed by atoms with E-state index in [0.29, 0.717) is 5.56 Å². The second kappa shape index (κ2) is 5.19. The van der Waals surface area contributed by atoms with Gasteiger partial charge in [-0.3, -0.25) is 0 Å². The van der Waals surface area contributed by atoms with E-state index in [2.05, 4.69) is 4.74 Å². The fraction of sp³-hybridized carbons (Fsp3) is 0.364. The molecule has 0 radical (unpaired) electrons. The van der Waals surface area contributed by atoms with Crippen LogP contribution < -0.4 is 0 Å². The highest BCUT2D eigenvalue weighted by molar-refractivity contribution is 7.98. The summed E-state index contributed by atoms with van der Waals surface area (Å²) < 4.78 is 4.50. The molecule has 3 nitrogen and oxygen atoms in total. The molecule has 0 aliphatic carbocycles. The quantitative estimate of drug-likeness (QED) is 0.632. The van der Waals surface area contributed by atoms with Crippen LogP contribution in [0.1, 0.15) is 17.2 Å². The lowest BCUT2D eigenvalue weighted by Gasteiger charge is -2.12. The van der Waals surface area contributed by atoms with Gasteiger partial charge in [-0.05, 0) is 36.4 Å². The summed E-state index contributed by atoms with van der Waals surface area (Å²) in [5.41, 5.74) is 1.49. The summed E-state index contributed by atoms with van der Waals surface area (Å²) in [5, 5.41) is 9.71. The predicted molar refractivity (Wildman–Crippen MR) is 59.9 cm³/mol. The Morgan fingerprint density at radius 2 is 2.20 bits per heavy atom. The Kier molecular flexibility index (Phi) is 4.17. The third-order valence-electron chi connectivity index (χ3n) is 2.21. The zero-order valence-corrected chi connectivity index (χ0v) is 9.80. The van der Waals surface area contributed by atoms with Crippen molar-refractivity contribution in [1.82, 2.24) is 0 Å². The van der Waals surface area contributed by atoms with Gasteiger partial charge < -0.3 is 9.84 Å². The number of aliphatic hydroxyl groups is 1. The Balaban J connectivity index is 3.06. The maximum absolute atomic E-state index is 11.2. The van der Waals surface area contributed by atoms with Gasteiger partial charge in [-0.1, -0.05) is 6.07 Å². The van der Waals surface area contributed by atoms with Crippen molar-refractivity contribution in [2.45, 2.75) is 17.9 Å². The molecule has 0 bridgehead atoms. The molecule has 0 amide bonds. The van der Waals surface area contributed by atoms with Crippen molar-refractivity contribution >= 4 is 17.7 Å². The number of ether oxygens (including phenoxy) is 1. The average Bonchev–Trinajstić information content (AvgIpc) is 2.27. The van der Waals surface area contributed by atoms with Crippen LogP contribution in [0.5, 0.6) is 0 Å². The maximum atomic E-state index is 11.2. The topological polar surface area (TPSA) is 46.5 Å². The third kappa shape index (κ3) is 2.73. The Morgan fingerprint density at radius 1 is 1.53 bits per heavy atom.